The molecule has 2 aromatic carbocycles. The first-order chi connectivity index (χ1) is 14.5. The number of rotatable bonds is 5. The molecule has 2 aromatic heterocycles. The molecule has 4 rings (SSSR count). The van der Waals surface area contributed by atoms with Crippen LogP contribution in [0.4, 0.5) is 5.13 Å². The van der Waals surface area contributed by atoms with Crippen LogP contribution in [0.1, 0.15) is 12.5 Å². The van der Waals surface area contributed by atoms with Crippen LogP contribution in [0.15, 0.2) is 58.7 Å². The van der Waals surface area contributed by atoms with Gasteiger partial charge in [0.25, 0.3) is 0 Å². The van der Waals surface area contributed by atoms with Crippen molar-refractivity contribution in [2.45, 2.75) is 6.92 Å². The van der Waals surface area contributed by atoms with Crippen molar-refractivity contribution in [3.8, 4) is 16.9 Å². The first-order valence-corrected chi connectivity index (χ1v) is 10.5. The quantitative estimate of drug-likeness (QED) is 0.329. The second-order valence-electron chi connectivity index (χ2n) is 6.48. The van der Waals surface area contributed by atoms with Gasteiger partial charge in [-0.1, -0.05) is 29.3 Å². The number of hydrogen-bond acceptors (Lipinski definition) is 5. The van der Waals surface area contributed by atoms with Gasteiger partial charge in [-0.15, -0.1) is 11.3 Å². The van der Waals surface area contributed by atoms with Crippen molar-refractivity contribution in [2.75, 3.05) is 12.4 Å². The Labute approximate surface area is 186 Å². The van der Waals surface area contributed by atoms with E-state index in [1.807, 2.05) is 19.1 Å². The summed E-state index contributed by atoms with van der Waals surface area (Å²) in [4.78, 5) is 16.4. The second-order valence-corrected chi connectivity index (χ2v) is 8.21. The number of halogens is 2. The highest BCUT2D eigenvalue weighted by Crippen LogP contribution is 2.40. The molecule has 0 unspecified atom stereocenters. The van der Waals surface area contributed by atoms with E-state index in [0.29, 0.717) is 26.5 Å². The van der Waals surface area contributed by atoms with E-state index in [4.69, 9.17) is 32.4 Å². The number of thiazole rings is 1. The summed E-state index contributed by atoms with van der Waals surface area (Å²) in [6, 6.07) is 9.05. The van der Waals surface area contributed by atoms with Gasteiger partial charge in [-0.25, -0.2) is 4.98 Å². The second kappa shape index (κ2) is 8.52. The fraction of sp³-hybridized carbons (Fsp3) is 0.0909. The summed E-state index contributed by atoms with van der Waals surface area (Å²) in [6.45, 7) is 1.85. The molecule has 0 saturated carbocycles. The van der Waals surface area contributed by atoms with Gasteiger partial charge in [0.1, 0.15) is 11.3 Å². The monoisotopic (exact) mass is 458 g/mol. The van der Waals surface area contributed by atoms with E-state index in [1.54, 1.807) is 43.1 Å². The van der Waals surface area contributed by atoms with Crippen LogP contribution < -0.4 is 10.1 Å². The van der Waals surface area contributed by atoms with Crippen LogP contribution in [-0.4, -0.2) is 18.0 Å². The largest absolute Gasteiger partial charge is 0.496 e. The summed E-state index contributed by atoms with van der Waals surface area (Å²) >= 11 is 13.8. The lowest BCUT2D eigenvalue weighted by Crippen LogP contribution is -2.08. The number of furan rings is 1. The number of nitrogens with zero attached hydrogens (tertiary/aromatic N) is 1. The molecule has 0 spiro atoms. The number of methoxy groups -OCH3 is 1. The predicted molar refractivity (Wildman–Crippen MR) is 123 cm³/mol. The van der Waals surface area contributed by atoms with Crippen molar-refractivity contribution >= 4 is 62.1 Å². The number of aromatic nitrogens is 1. The minimum Gasteiger partial charge on any atom is -0.496 e. The number of anilines is 1. The maximum atomic E-state index is 12.4. The molecule has 0 atom stereocenters. The van der Waals surface area contributed by atoms with E-state index in [9.17, 15) is 4.79 Å². The smallest absolute Gasteiger partial charge is 0.250 e. The molecule has 1 N–H and O–H groups in total. The minimum absolute atomic E-state index is 0.266. The van der Waals surface area contributed by atoms with Gasteiger partial charge in [0, 0.05) is 50.8 Å². The predicted octanol–water partition coefficient (Wildman–Crippen LogP) is 6.91. The molecule has 0 fully saturated rings. The Kier molecular flexibility index (Phi) is 5.81. The van der Waals surface area contributed by atoms with Crippen molar-refractivity contribution in [1.29, 1.82) is 0 Å². The lowest BCUT2D eigenvalue weighted by molar-refractivity contribution is -0.111. The zero-order valence-electron chi connectivity index (χ0n) is 16.0. The molecule has 0 bridgehead atoms. The van der Waals surface area contributed by atoms with Crippen LogP contribution in [-0.2, 0) is 4.79 Å². The molecule has 5 nitrogen and oxygen atoms in total. The van der Waals surface area contributed by atoms with E-state index in [1.165, 1.54) is 17.4 Å². The standard InChI is InChI=1S/C22H16Cl2N2O3S/c1-12(7-21(27)26-22-25-5-6-30-22)15-9-16-17(11-29-20(16)10-19(15)28-2)14-4-3-13(23)8-18(14)24/h3-11H,1-2H3,(H,25,26,27)/b12-7+. The molecule has 1 amide bonds. The Morgan fingerprint density at radius 1 is 1.23 bits per heavy atom. The van der Waals surface area contributed by atoms with Gasteiger partial charge in [-0.2, -0.15) is 0 Å². The van der Waals surface area contributed by atoms with Crippen LogP contribution in [0.3, 0.4) is 0 Å². The number of ether oxygens (including phenoxy) is 1. The molecule has 0 saturated heterocycles. The van der Waals surface area contributed by atoms with Gasteiger partial charge in [0.05, 0.1) is 18.4 Å². The van der Waals surface area contributed by atoms with Gasteiger partial charge < -0.3 is 9.15 Å². The highest BCUT2D eigenvalue weighted by Gasteiger charge is 2.16. The fourth-order valence-corrected chi connectivity index (χ4v) is 4.19. The molecule has 8 heteroatoms. The number of fused-ring (bicyclic) bond motifs is 1. The molecule has 0 aliphatic heterocycles. The van der Waals surface area contributed by atoms with Crippen LogP contribution in [0.2, 0.25) is 10.0 Å². The van der Waals surface area contributed by atoms with Gasteiger partial charge in [-0.3, -0.25) is 10.1 Å². The van der Waals surface area contributed by atoms with Gasteiger partial charge in [0.2, 0.25) is 5.91 Å². The fourth-order valence-electron chi connectivity index (χ4n) is 3.15. The molecule has 0 aliphatic rings. The molecule has 0 radical (unpaired) electrons. The van der Waals surface area contributed by atoms with Gasteiger partial charge in [-0.05, 0) is 30.7 Å². The van der Waals surface area contributed by atoms with Crippen molar-refractivity contribution in [3.63, 3.8) is 0 Å². The number of hydrogen-bond donors (Lipinski definition) is 1. The Bertz CT molecular complexity index is 1260. The number of amides is 1. The molecule has 152 valence electrons. The average Bonchev–Trinajstić information content (AvgIpc) is 3.36. The summed E-state index contributed by atoms with van der Waals surface area (Å²) in [5.74, 6) is 0.333. The van der Waals surface area contributed by atoms with Crippen molar-refractivity contribution in [2.24, 2.45) is 0 Å². The molecular weight excluding hydrogens is 443 g/mol. The van der Waals surface area contributed by atoms with Gasteiger partial charge in [0.15, 0.2) is 5.13 Å². The van der Waals surface area contributed by atoms with Crippen LogP contribution >= 0.6 is 34.5 Å². The third kappa shape index (κ3) is 4.07. The summed E-state index contributed by atoms with van der Waals surface area (Å²) in [5.41, 5.74) is 3.79. The molecule has 0 aliphatic carbocycles. The number of benzene rings is 2. The average molecular weight is 459 g/mol. The third-order valence-electron chi connectivity index (χ3n) is 4.55. The molecule has 2 heterocycles. The maximum Gasteiger partial charge on any atom is 0.250 e. The van der Waals surface area contributed by atoms with E-state index >= 15 is 0 Å². The van der Waals surface area contributed by atoms with Crippen LogP contribution in [0, 0.1) is 0 Å². The van der Waals surface area contributed by atoms with E-state index < -0.39 is 0 Å². The first-order valence-electron chi connectivity index (χ1n) is 8.90. The van der Waals surface area contributed by atoms with Crippen molar-refractivity contribution in [3.05, 3.63) is 69.9 Å². The Hall–Kier alpha value is -2.80. The number of carbonyl (C=O) groups is 1. The SMILES string of the molecule is COc1cc2occ(-c3ccc(Cl)cc3Cl)c2cc1/C(C)=C/C(=O)Nc1nccs1. The third-order valence-corrected chi connectivity index (χ3v) is 5.79. The highest BCUT2D eigenvalue weighted by molar-refractivity contribution is 7.13. The minimum atomic E-state index is -0.266. The zero-order valence-corrected chi connectivity index (χ0v) is 18.4. The van der Waals surface area contributed by atoms with Crippen molar-refractivity contribution in [1.82, 2.24) is 4.98 Å². The number of nitrogens with one attached hydrogen (secondary N) is 1. The Balaban J connectivity index is 1.77. The Morgan fingerprint density at radius 2 is 2.07 bits per heavy atom. The van der Waals surface area contributed by atoms with E-state index in [0.717, 1.165) is 27.6 Å². The van der Waals surface area contributed by atoms with E-state index in [-0.39, 0.29) is 5.91 Å². The number of allylic oxidation sites excluding steroid dienone is 1. The summed E-state index contributed by atoms with van der Waals surface area (Å²) in [7, 11) is 1.58. The maximum absolute atomic E-state index is 12.4. The van der Waals surface area contributed by atoms with Crippen LogP contribution in [0.25, 0.3) is 27.7 Å². The molecule has 4 aromatic rings. The van der Waals surface area contributed by atoms with E-state index in [2.05, 4.69) is 10.3 Å². The lowest BCUT2D eigenvalue weighted by Gasteiger charge is -2.10. The Morgan fingerprint density at radius 3 is 2.77 bits per heavy atom. The highest BCUT2D eigenvalue weighted by atomic mass is 35.5. The number of carbonyl (C=O) groups excluding carboxylic acids is 1. The molecule has 30 heavy (non-hydrogen) atoms. The summed E-state index contributed by atoms with van der Waals surface area (Å²) in [6.07, 6.45) is 4.80. The topological polar surface area (TPSA) is 64.4 Å². The van der Waals surface area contributed by atoms with Crippen LogP contribution in [0.5, 0.6) is 5.75 Å². The first kappa shape index (κ1) is 20.5. The molecular formula is C22H16Cl2N2O3S. The van der Waals surface area contributed by atoms with Gasteiger partial charge >= 0.3 is 0 Å². The lowest BCUT2D eigenvalue weighted by atomic mass is 9.99. The van der Waals surface area contributed by atoms with Crippen molar-refractivity contribution < 1.29 is 13.9 Å². The zero-order chi connectivity index (χ0) is 21.3. The normalized spacial score (nSPS) is 11.7. The summed E-state index contributed by atoms with van der Waals surface area (Å²) < 4.78 is 11.3. The summed E-state index contributed by atoms with van der Waals surface area (Å²) in [5, 5.41) is 7.02.